The van der Waals surface area contributed by atoms with Crippen LogP contribution in [0.1, 0.15) is 6.92 Å². The van der Waals surface area contributed by atoms with Gasteiger partial charge in [-0.25, -0.2) is 0 Å². The van der Waals surface area contributed by atoms with E-state index < -0.39 is 11.9 Å². The van der Waals surface area contributed by atoms with Crippen LogP contribution in [0.25, 0.3) is 0 Å². The van der Waals surface area contributed by atoms with E-state index in [9.17, 15) is 9.59 Å². The molecule has 0 rings (SSSR count). The number of carbonyl (C=O) groups is 2. The third-order valence-electron chi connectivity index (χ3n) is 0.990. The van der Waals surface area contributed by atoms with Crippen LogP contribution in [0.2, 0.25) is 0 Å². The van der Waals surface area contributed by atoms with E-state index in [4.69, 9.17) is 11.5 Å². The van der Waals surface area contributed by atoms with Gasteiger partial charge in [-0.3, -0.25) is 9.59 Å². The number of carbonyl (C=O) groups excluding carboxylic acids is 2. The van der Waals surface area contributed by atoms with Crippen LogP contribution in [0.5, 0.6) is 0 Å². The lowest BCUT2D eigenvalue weighted by atomic mass is 10.3. The molecule has 0 radical (unpaired) electrons. The SMILES string of the molecule is C[C@@H](NC(=O)CN)C(N)=O. The van der Waals surface area contributed by atoms with E-state index in [2.05, 4.69) is 5.32 Å². The van der Waals surface area contributed by atoms with Crippen LogP contribution in [0.3, 0.4) is 0 Å². The Hall–Kier alpha value is -1.10. The Labute approximate surface area is 58.8 Å². The molecule has 5 heteroatoms. The average molecular weight is 145 g/mol. The van der Waals surface area contributed by atoms with Crippen LogP contribution in [0.4, 0.5) is 0 Å². The largest absolute Gasteiger partial charge is 0.368 e. The monoisotopic (exact) mass is 145 g/mol. The maximum atomic E-state index is 10.5. The lowest BCUT2D eigenvalue weighted by molar-refractivity contribution is -0.126. The van der Waals surface area contributed by atoms with Gasteiger partial charge in [-0.2, -0.15) is 0 Å². The summed E-state index contributed by atoms with van der Waals surface area (Å²) in [5.74, 6) is -0.951. The standard InChI is InChI=1S/C5H11N3O2/c1-3(5(7)10)8-4(9)2-6/h3H,2,6H2,1H3,(H2,7,10)(H,8,9)/t3-/m1/s1. The van der Waals surface area contributed by atoms with E-state index in [0.29, 0.717) is 0 Å². The Morgan fingerprint density at radius 2 is 2.10 bits per heavy atom. The van der Waals surface area contributed by atoms with Crippen molar-refractivity contribution in [2.24, 2.45) is 11.5 Å². The molecule has 58 valence electrons. The normalized spacial score (nSPS) is 12.2. The molecule has 0 fully saturated rings. The second-order valence-corrected chi connectivity index (χ2v) is 1.90. The Bertz CT molecular complexity index is 146. The number of rotatable bonds is 3. The van der Waals surface area contributed by atoms with Gasteiger partial charge in [0.1, 0.15) is 6.04 Å². The average Bonchev–Trinajstić information content (AvgIpc) is 1.87. The van der Waals surface area contributed by atoms with Crippen LogP contribution >= 0.6 is 0 Å². The van der Waals surface area contributed by atoms with Crippen molar-refractivity contribution in [2.75, 3.05) is 6.54 Å². The fourth-order valence-corrected chi connectivity index (χ4v) is 0.372. The molecule has 0 aliphatic heterocycles. The van der Waals surface area contributed by atoms with Gasteiger partial charge in [0.05, 0.1) is 6.54 Å². The topological polar surface area (TPSA) is 98.2 Å². The summed E-state index contributed by atoms with van der Waals surface area (Å²) in [6, 6.07) is -0.643. The summed E-state index contributed by atoms with van der Waals surface area (Å²) < 4.78 is 0. The Kier molecular flexibility index (Phi) is 3.42. The van der Waals surface area contributed by atoms with Gasteiger partial charge in [0.2, 0.25) is 11.8 Å². The van der Waals surface area contributed by atoms with Gasteiger partial charge in [-0.15, -0.1) is 0 Å². The molecule has 0 aliphatic carbocycles. The lowest BCUT2D eigenvalue weighted by Gasteiger charge is -2.07. The molecule has 0 aromatic heterocycles. The molecule has 0 spiro atoms. The zero-order valence-corrected chi connectivity index (χ0v) is 5.76. The van der Waals surface area contributed by atoms with Crippen molar-refractivity contribution in [2.45, 2.75) is 13.0 Å². The maximum Gasteiger partial charge on any atom is 0.239 e. The lowest BCUT2D eigenvalue weighted by Crippen LogP contribution is -2.44. The zero-order chi connectivity index (χ0) is 8.15. The Balaban J connectivity index is 3.68. The first kappa shape index (κ1) is 8.90. The number of amides is 2. The minimum Gasteiger partial charge on any atom is -0.368 e. The van der Waals surface area contributed by atoms with E-state index in [1.807, 2.05) is 0 Å². The highest BCUT2D eigenvalue weighted by molar-refractivity contribution is 5.86. The van der Waals surface area contributed by atoms with Crippen LogP contribution in [-0.2, 0) is 9.59 Å². The molecular formula is C5H11N3O2. The van der Waals surface area contributed by atoms with Crippen molar-refractivity contribution in [3.63, 3.8) is 0 Å². The highest BCUT2D eigenvalue weighted by atomic mass is 16.2. The van der Waals surface area contributed by atoms with E-state index in [-0.39, 0.29) is 12.5 Å². The van der Waals surface area contributed by atoms with Crippen LogP contribution in [-0.4, -0.2) is 24.4 Å². The number of hydrogen-bond donors (Lipinski definition) is 3. The highest BCUT2D eigenvalue weighted by Gasteiger charge is 2.09. The highest BCUT2D eigenvalue weighted by Crippen LogP contribution is 1.76. The molecule has 5 N–H and O–H groups in total. The third kappa shape index (κ3) is 3.03. The first-order valence-corrected chi connectivity index (χ1v) is 2.86. The maximum absolute atomic E-state index is 10.5. The smallest absolute Gasteiger partial charge is 0.239 e. The van der Waals surface area contributed by atoms with Gasteiger partial charge >= 0.3 is 0 Å². The van der Waals surface area contributed by atoms with Crippen LogP contribution in [0.15, 0.2) is 0 Å². The fraction of sp³-hybridized carbons (Fsp3) is 0.600. The first-order valence-electron chi connectivity index (χ1n) is 2.86. The Morgan fingerprint density at radius 1 is 1.60 bits per heavy atom. The van der Waals surface area contributed by atoms with Crippen LogP contribution in [0, 0.1) is 0 Å². The summed E-state index contributed by atoms with van der Waals surface area (Å²) in [7, 11) is 0. The zero-order valence-electron chi connectivity index (χ0n) is 5.76. The molecule has 1 atom stereocenters. The Morgan fingerprint density at radius 3 is 2.40 bits per heavy atom. The molecule has 0 saturated heterocycles. The van der Waals surface area contributed by atoms with Gasteiger partial charge in [-0.1, -0.05) is 0 Å². The second-order valence-electron chi connectivity index (χ2n) is 1.90. The number of nitrogens with one attached hydrogen (secondary N) is 1. The molecule has 0 aromatic rings. The minimum absolute atomic E-state index is 0.127. The molecule has 0 saturated carbocycles. The van der Waals surface area contributed by atoms with Crippen molar-refractivity contribution in [3.8, 4) is 0 Å². The third-order valence-corrected chi connectivity index (χ3v) is 0.990. The summed E-state index contributed by atoms with van der Waals surface area (Å²) in [5.41, 5.74) is 9.80. The molecule has 0 bridgehead atoms. The summed E-state index contributed by atoms with van der Waals surface area (Å²) >= 11 is 0. The quantitative estimate of drug-likeness (QED) is 0.425. The number of primary amides is 1. The molecule has 0 heterocycles. The number of hydrogen-bond acceptors (Lipinski definition) is 3. The summed E-state index contributed by atoms with van der Waals surface area (Å²) in [5, 5.41) is 2.29. The molecule has 5 nitrogen and oxygen atoms in total. The van der Waals surface area contributed by atoms with Crippen molar-refractivity contribution in [1.29, 1.82) is 0 Å². The van der Waals surface area contributed by atoms with Gasteiger partial charge in [0, 0.05) is 0 Å². The van der Waals surface area contributed by atoms with Gasteiger partial charge in [0.25, 0.3) is 0 Å². The predicted octanol–water partition coefficient (Wildman–Crippen LogP) is -2.06. The summed E-state index contributed by atoms with van der Waals surface area (Å²) in [6.45, 7) is 1.37. The van der Waals surface area contributed by atoms with E-state index >= 15 is 0 Å². The van der Waals surface area contributed by atoms with Crippen molar-refractivity contribution in [1.82, 2.24) is 5.32 Å². The summed E-state index contributed by atoms with van der Waals surface area (Å²) in [6.07, 6.45) is 0. The van der Waals surface area contributed by atoms with Gasteiger partial charge in [-0.05, 0) is 6.92 Å². The van der Waals surface area contributed by atoms with E-state index in [0.717, 1.165) is 0 Å². The minimum atomic E-state index is -0.643. The predicted molar refractivity (Wildman–Crippen MR) is 35.9 cm³/mol. The van der Waals surface area contributed by atoms with E-state index in [1.165, 1.54) is 6.92 Å². The molecule has 0 aromatic carbocycles. The molecule has 0 unspecified atom stereocenters. The van der Waals surface area contributed by atoms with Crippen molar-refractivity contribution >= 4 is 11.8 Å². The summed E-state index contributed by atoms with van der Waals surface area (Å²) in [4.78, 5) is 20.8. The molecule has 0 aliphatic rings. The van der Waals surface area contributed by atoms with Gasteiger partial charge < -0.3 is 16.8 Å². The van der Waals surface area contributed by atoms with Gasteiger partial charge in [0.15, 0.2) is 0 Å². The molecule has 10 heavy (non-hydrogen) atoms. The second kappa shape index (κ2) is 3.84. The van der Waals surface area contributed by atoms with Crippen molar-refractivity contribution < 1.29 is 9.59 Å². The van der Waals surface area contributed by atoms with Crippen molar-refractivity contribution in [3.05, 3.63) is 0 Å². The molecular weight excluding hydrogens is 134 g/mol. The number of nitrogens with two attached hydrogens (primary N) is 2. The first-order chi connectivity index (χ1) is 4.57. The fourth-order valence-electron chi connectivity index (χ4n) is 0.372. The van der Waals surface area contributed by atoms with E-state index in [1.54, 1.807) is 0 Å². The van der Waals surface area contributed by atoms with Crippen LogP contribution < -0.4 is 16.8 Å². The molecule has 2 amide bonds.